The van der Waals surface area contributed by atoms with Crippen LogP contribution in [0.2, 0.25) is 0 Å². The first kappa shape index (κ1) is 15.5. The fourth-order valence-electron chi connectivity index (χ4n) is 1.06. The molecule has 1 rings (SSSR count). The van der Waals surface area contributed by atoms with Crippen LogP contribution in [-0.4, -0.2) is 75.8 Å². The summed E-state index contributed by atoms with van der Waals surface area (Å²) in [5, 5.41) is 2.51. The number of nitrogens with zero attached hydrogens (tertiary/aromatic N) is 2. The van der Waals surface area contributed by atoms with Crippen LogP contribution in [0.4, 0.5) is 0 Å². The van der Waals surface area contributed by atoms with Crippen LogP contribution in [0.5, 0.6) is 0 Å². The number of nitrogens with one attached hydrogen (secondary N) is 1. The molecule has 2 atom stereocenters. The molecular formula is C6H8Cl2N3NaO3. The summed E-state index contributed by atoms with van der Waals surface area (Å²) < 4.78 is 1.79. The Labute approximate surface area is 118 Å². The summed E-state index contributed by atoms with van der Waals surface area (Å²) in [4.78, 5) is 31.6. The van der Waals surface area contributed by atoms with Crippen molar-refractivity contribution in [1.82, 2.24) is 14.2 Å². The van der Waals surface area contributed by atoms with Crippen LogP contribution in [-0.2, 0) is 14.4 Å². The maximum absolute atomic E-state index is 10.6. The van der Waals surface area contributed by atoms with E-state index in [4.69, 9.17) is 23.6 Å². The third-order valence-electron chi connectivity index (χ3n) is 1.76. The quantitative estimate of drug-likeness (QED) is 0.377. The molecular weight excluding hydrogens is 256 g/mol. The van der Waals surface area contributed by atoms with Crippen molar-refractivity contribution in [1.29, 1.82) is 0 Å². The SMILES string of the molecule is O=CC1NC(C=O)N(Cl)C(C=O)N1Cl.[NaH]. The Morgan fingerprint density at radius 1 is 0.933 bits per heavy atom. The van der Waals surface area contributed by atoms with Gasteiger partial charge in [0.1, 0.15) is 12.3 Å². The topological polar surface area (TPSA) is 69.7 Å². The molecule has 2 unspecified atom stereocenters. The van der Waals surface area contributed by atoms with Crippen LogP contribution in [0.15, 0.2) is 0 Å². The van der Waals surface area contributed by atoms with Gasteiger partial charge in [0.05, 0.1) is 0 Å². The van der Waals surface area contributed by atoms with Gasteiger partial charge in [-0.25, -0.2) is 0 Å². The van der Waals surface area contributed by atoms with Crippen molar-refractivity contribution in [2.45, 2.75) is 18.5 Å². The summed E-state index contributed by atoms with van der Waals surface area (Å²) in [7, 11) is 0. The predicted molar refractivity (Wildman–Crippen MR) is 55.2 cm³/mol. The molecule has 0 saturated carbocycles. The fourth-order valence-corrected chi connectivity index (χ4v) is 1.59. The van der Waals surface area contributed by atoms with Crippen LogP contribution in [0, 0.1) is 0 Å². The van der Waals surface area contributed by atoms with Gasteiger partial charge in [-0.3, -0.25) is 10.1 Å². The van der Waals surface area contributed by atoms with Crippen molar-refractivity contribution in [2.75, 3.05) is 0 Å². The van der Waals surface area contributed by atoms with E-state index in [9.17, 15) is 14.4 Å². The summed E-state index contributed by atoms with van der Waals surface area (Å²) in [6, 6.07) is 0. The van der Waals surface area contributed by atoms with E-state index in [0.29, 0.717) is 18.9 Å². The molecule has 1 N–H and O–H groups in total. The Balaban J connectivity index is 0.00000196. The number of hydrogen-bond donors (Lipinski definition) is 1. The Kier molecular flexibility index (Phi) is 7.14. The van der Waals surface area contributed by atoms with E-state index < -0.39 is 18.5 Å². The van der Waals surface area contributed by atoms with Crippen LogP contribution in [0.1, 0.15) is 0 Å². The van der Waals surface area contributed by atoms with Crippen LogP contribution < -0.4 is 5.32 Å². The third-order valence-corrected chi connectivity index (χ3v) is 2.58. The van der Waals surface area contributed by atoms with Gasteiger partial charge in [-0.05, 0) is 23.6 Å². The molecule has 9 heteroatoms. The monoisotopic (exact) mass is 263 g/mol. The summed E-state index contributed by atoms with van der Waals surface area (Å²) in [5.74, 6) is 0. The first-order valence-corrected chi connectivity index (χ1v) is 4.33. The number of aldehydes is 3. The van der Waals surface area contributed by atoms with Gasteiger partial charge < -0.3 is 9.59 Å². The van der Waals surface area contributed by atoms with E-state index in [-0.39, 0.29) is 29.6 Å². The second-order valence-corrected chi connectivity index (χ2v) is 3.35. The van der Waals surface area contributed by atoms with E-state index >= 15 is 0 Å². The molecule has 1 heterocycles. The van der Waals surface area contributed by atoms with E-state index in [1.54, 1.807) is 0 Å². The van der Waals surface area contributed by atoms with Crippen molar-refractivity contribution < 1.29 is 14.4 Å². The molecule has 0 aliphatic carbocycles. The fraction of sp³-hybridized carbons (Fsp3) is 0.500. The van der Waals surface area contributed by atoms with Crippen molar-refractivity contribution in [2.24, 2.45) is 0 Å². The zero-order valence-electron chi connectivity index (χ0n) is 6.84. The number of rotatable bonds is 3. The normalized spacial score (nSPS) is 32.8. The summed E-state index contributed by atoms with van der Waals surface area (Å²) >= 11 is 11.3. The van der Waals surface area contributed by atoms with Gasteiger partial charge in [0, 0.05) is 0 Å². The zero-order chi connectivity index (χ0) is 10.7. The van der Waals surface area contributed by atoms with Gasteiger partial charge in [-0.1, -0.05) is 0 Å². The van der Waals surface area contributed by atoms with Crippen LogP contribution in [0.25, 0.3) is 0 Å². The van der Waals surface area contributed by atoms with Crippen molar-refractivity contribution in [3.63, 3.8) is 0 Å². The summed E-state index contributed by atoms with van der Waals surface area (Å²) in [6.45, 7) is 0. The number of halogens is 2. The molecule has 6 nitrogen and oxygen atoms in total. The van der Waals surface area contributed by atoms with Gasteiger partial charge in [-0.15, -0.1) is 0 Å². The molecule has 1 aliphatic heterocycles. The van der Waals surface area contributed by atoms with Gasteiger partial charge in [0.25, 0.3) is 0 Å². The first-order chi connectivity index (χ1) is 6.65. The van der Waals surface area contributed by atoms with Gasteiger partial charge in [0.2, 0.25) is 0 Å². The number of carbonyl (C=O) groups is 3. The average Bonchev–Trinajstić information content (AvgIpc) is 2.19. The Morgan fingerprint density at radius 3 is 1.60 bits per heavy atom. The molecule has 15 heavy (non-hydrogen) atoms. The van der Waals surface area contributed by atoms with Crippen LogP contribution >= 0.6 is 23.6 Å². The summed E-state index contributed by atoms with van der Waals surface area (Å²) in [6.07, 6.45) is -1.47. The first-order valence-electron chi connectivity index (χ1n) is 3.66. The average molecular weight is 264 g/mol. The molecule has 0 spiro atoms. The Bertz CT molecular complexity index is 238. The molecule has 0 aromatic rings. The molecule has 0 aromatic heterocycles. The van der Waals surface area contributed by atoms with E-state index in [1.807, 2.05) is 0 Å². The predicted octanol–water partition coefficient (Wildman–Crippen LogP) is -1.57. The molecule has 0 radical (unpaired) electrons. The van der Waals surface area contributed by atoms with Crippen molar-refractivity contribution in [3.05, 3.63) is 0 Å². The minimum absolute atomic E-state index is 0. The van der Waals surface area contributed by atoms with Crippen molar-refractivity contribution >= 4 is 72.0 Å². The number of carbonyl (C=O) groups excluding carboxylic acids is 3. The minimum atomic E-state index is -1.02. The molecule has 1 saturated heterocycles. The summed E-state index contributed by atoms with van der Waals surface area (Å²) in [5.41, 5.74) is 0. The van der Waals surface area contributed by atoms with Crippen molar-refractivity contribution in [3.8, 4) is 0 Å². The molecule has 0 aromatic carbocycles. The Hall–Kier alpha value is 0.470. The van der Waals surface area contributed by atoms with Gasteiger partial charge in [-0.2, -0.15) is 8.84 Å². The number of hydrogen-bond acceptors (Lipinski definition) is 6. The van der Waals surface area contributed by atoms with Crippen LogP contribution in [0.3, 0.4) is 0 Å². The van der Waals surface area contributed by atoms with E-state index in [1.165, 1.54) is 0 Å². The standard InChI is InChI=1S/C6H7Cl2N3O3.Na.H/c7-10-4(1-12)9-5(2-13)11(8)6(10)3-14;;/h1-6,9H;;. The molecule has 80 valence electrons. The second-order valence-electron chi connectivity index (χ2n) is 2.57. The third kappa shape index (κ3) is 3.21. The van der Waals surface area contributed by atoms with E-state index in [2.05, 4.69) is 5.32 Å². The van der Waals surface area contributed by atoms with E-state index in [0.717, 1.165) is 8.84 Å². The Morgan fingerprint density at radius 2 is 1.33 bits per heavy atom. The molecule has 1 aliphatic rings. The van der Waals surface area contributed by atoms with Gasteiger partial charge >= 0.3 is 29.6 Å². The molecule has 1 fully saturated rings. The molecule has 0 amide bonds. The van der Waals surface area contributed by atoms with Gasteiger partial charge in [0.15, 0.2) is 25.0 Å². The maximum atomic E-state index is 10.6. The zero-order valence-corrected chi connectivity index (χ0v) is 8.35. The molecule has 0 bridgehead atoms. The second kappa shape index (κ2) is 6.93.